The number of fused-ring (bicyclic) bond motifs is 3. The predicted molar refractivity (Wildman–Crippen MR) is 118 cm³/mol. The second-order valence-corrected chi connectivity index (χ2v) is 9.14. The van der Waals surface area contributed by atoms with Crippen molar-refractivity contribution >= 4 is 11.7 Å². The first-order valence-corrected chi connectivity index (χ1v) is 11.3. The number of carbonyl (C=O) groups excluding carboxylic acids is 1. The summed E-state index contributed by atoms with van der Waals surface area (Å²) >= 11 is 0. The van der Waals surface area contributed by atoms with Crippen LogP contribution in [0.15, 0.2) is 24.5 Å². The van der Waals surface area contributed by atoms with E-state index in [9.17, 15) is 4.79 Å². The number of morpholine rings is 1. The van der Waals surface area contributed by atoms with Gasteiger partial charge in [-0.1, -0.05) is 6.07 Å². The SMILES string of the molecule is Cc1nc(N2CC3CC(C2)O3)ccc1Cn1cc(C(=O)N[C@@H]2CCc3c2n[nH]c3C)cn1. The lowest BCUT2D eigenvalue weighted by atomic mass is 9.99. The number of amides is 1. The van der Waals surface area contributed by atoms with Gasteiger partial charge >= 0.3 is 0 Å². The molecule has 2 unspecified atom stereocenters. The van der Waals surface area contributed by atoms with Gasteiger partial charge in [0.2, 0.25) is 0 Å². The van der Waals surface area contributed by atoms with Gasteiger partial charge in [-0.3, -0.25) is 14.6 Å². The van der Waals surface area contributed by atoms with E-state index in [1.54, 1.807) is 17.1 Å². The number of H-pyrrole nitrogens is 1. The second kappa shape index (κ2) is 7.44. The van der Waals surface area contributed by atoms with Gasteiger partial charge in [0.05, 0.1) is 42.2 Å². The summed E-state index contributed by atoms with van der Waals surface area (Å²) in [4.78, 5) is 19.9. The van der Waals surface area contributed by atoms with Gasteiger partial charge in [0.1, 0.15) is 5.82 Å². The highest BCUT2D eigenvalue weighted by molar-refractivity contribution is 5.94. The number of piperidine rings is 1. The molecule has 0 saturated carbocycles. The lowest BCUT2D eigenvalue weighted by Gasteiger charge is -2.47. The van der Waals surface area contributed by atoms with Gasteiger partial charge < -0.3 is 15.0 Å². The van der Waals surface area contributed by atoms with Crippen LogP contribution < -0.4 is 10.2 Å². The molecule has 9 nitrogen and oxygen atoms in total. The molecule has 166 valence electrons. The van der Waals surface area contributed by atoms with Gasteiger partial charge in [0.25, 0.3) is 5.91 Å². The molecule has 32 heavy (non-hydrogen) atoms. The van der Waals surface area contributed by atoms with Crippen LogP contribution >= 0.6 is 0 Å². The Morgan fingerprint density at radius 1 is 1.28 bits per heavy atom. The summed E-state index contributed by atoms with van der Waals surface area (Å²) in [7, 11) is 0. The molecular formula is C23H27N7O2. The van der Waals surface area contributed by atoms with E-state index in [0.717, 1.165) is 54.4 Å². The number of rotatable bonds is 5. The summed E-state index contributed by atoms with van der Waals surface area (Å²) in [6.45, 7) is 6.46. The minimum atomic E-state index is -0.120. The third-order valence-electron chi connectivity index (χ3n) is 6.92. The molecule has 0 radical (unpaired) electrons. The summed E-state index contributed by atoms with van der Waals surface area (Å²) in [6, 6.07) is 4.14. The number of hydrogen-bond acceptors (Lipinski definition) is 6. The van der Waals surface area contributed by atoms with Crippen molar-refractivity contribution in [1.82, 2.24) is 30.3 Å². The van der Waals surface area contributed by atoms with Crippen molar-refractivity contribution in [3.05, 3.63) is 58.3 Å². The van der Waals surface area contributed by atoms with Crippen LogP contribution in [0.2, 0.25) is 0 Å². The van der Waals surface area contributed by atoms with Crippen molar-refractivity contribution in [3.8, 4) is 0 Å². The minimum Gasteiger partial charge on any atom is -0.371 e. The molecule has 3 saturated heterocycles. The Bertz CT molecular complexity index is 1170. The highest BCUT2D eigenvalue weighted by Crippen LogP contribution is 2.32. The number of anilines is 1. The van der Waals surface area contributed by atoms with E-state index in [4.69, 9.17) is 9.72 Å². The van der Waals surface area contributed by atoms with E-state index in [1.807, 2.05) is 13.8 Å². The smallest absolute Gasteiger partial charge is 0.255 e. The van der Waals surface area contributed by atoms with Gasteiger partial charge in [-0.2, -0.15) is 10.2 Å². The van der Waals surface area contributed by atoms with E-state index in [0.29, 0.717) is 24.3 Å². The van der Waals surface area contributed by atoms with E-state index < -0.39 is 0 Å². The number of pyridine rings is 1. The molecule has 1 aliphatic carbocycles. The molecule has 3 aliphatic heterocycles. The summed E-state index contributed by atoms with van der Waals surface area (Å²) in [5.74, 6) is 0.889. The summed E-state index contributed by atoms with van der Waals surface area (Å²) in [5, 5.41) is 14.9. The number of nitrogens with zero attached hydrogens (tertiary/aromatic N) is 5. The lowest BCUT2D eigenvalue weighted by molar-refractivity contribution is -0.133. The largest absolute Gasteiger partial charge is 0.371 e. The van der Waals surface area contributed by atoms with Crippen LogP contribution in [0.4, 0.5) is 5.82 Å². The number of hydrogen-bond donors (Lipinski definition) is 2. The van der Waals surface area contributed by atoms with E-state index >= 15 is 0 Å². The fourth-order valence-corrected chi connectivity index (χ4v) is 5.09. The van der Waals surface area contributed by atoms with Crippen LogP contribution in [-0.2, 0) is 17.7 Å². The van der Waals surface area contributed by atoms with Gasteiger partial charge in [-0.05, 0) is 43.9 Å². The molecule has 9 heteroatoms. The highest BCUT2D eigenvalue weighted by atomic mass is 16.5. The first kappa shape index (κ1) is 19.5. The number of aryl methyl sites for hydroxylation is 2. The van der Waals surface area contributed by atoms with Crippen LogP contribution in [0.5, 0.6) is 0 Å². The van der Waals surface area contributed by atoms with Crippen molar-refractivity contribution in [2.75, 3.05) is 18.0 Å². The first-order chi connectivity index (χ1) is 15.5. The fraction of sp³-hybridized carbons (Fsp3) is 0.478. The van der Waals surface area contributed by atoms with Gasteiger partial charge in [0.15, 0.2) is 0 Å². The molecule has 4 aliphatic rings. The summed E-state index contributed by atoms with van der Waals surface area (Å²) in [5.41, 5.74) is 5.91. The monoisotopic (exact) mass is 433 g/mol. The average Bonchev–Trinajstić information content (AvgIpc) is 3.48. The molecular weight excluding hydrogens is 406 g/mol. The maximum absolute atomic E-state index is 12.8. The Hall–Kier alpha value is -3.20. The fourth-order valence-electron chi connectivity index (χ4n) is 5.09. The second-order valence-electron chi connectivity index (χ2n) is 9.14. The summed E-state index contributed by atoms with van der Waals surface area (Å²) < 4.78 is 7.52. The topological polar surface area (TPSA) is 101 Å². The maximum atomic E-state index is 12.8. The predicted octanol–water partition coefficient (Wildman–Crippen LogP) is 2.06. The zero-order valence-corrected chi connectivity index (χ0v) is 18.3. The molecule has 2 N–H and O–H groups in total. The molecule has 0 spiro atoms. The van der Waals surface area contributed by atoms with E-state index in [-0.39, 0.29) is 11.9 Å². The van der Waals surface area contributed by atoms with Gasteiger partial charge in [-0.25, -0.2) is 4.98 Å². The lowest BCUT2D eigenvalue weighted by Crippen LogP contribution is -2.57. The third-order valence-corrected chi connectivity index (χ3v) is 6.92. The summed E-state index contributed by atoms with van der Waals surface area (Å²) in [6.07, 6.45) is 7.13. The Balaban J connectivity index is 1.11. The van der Waals surface area contributed by atoms with Crippen LogP contribution in [0.1, 0.15) is 57.5 Å². The van der Waals surface area contributed by atoms with Crippen molar-refractivity contribution in [2.45, 2.75) is 57.9 Å². The van der Waals surface area contributed by atoms with Crippen molar-refractivity contribution < 1.29 is 9.53 Å². The van der Waals surface area contributed by atoms with E-state index in [1.165, 1.54) is 12.0 Å². The third kappa shape index (κ3) is 3.37. The minimum absolute atomic E-state index is 0.0454. The molecule has 3 atom stereocenters. The Kier molecular flexibility index (Phi) is 4.53. The molecule has 0 aromatic carbocycles. The van der Waals surface area contributed by atoms with Crippen LogP contribution in [0.25, 0.3) is 0 Å². The standard InChI is InChI=1S/C23H27N7O2/c1-13-15(3-6-21(25-13)29-11-17-7-18(12-29)32-17)9-30-10-16(8-24-30)23(31)26-20-5-4-19-14(2)27-28-22(19)20/h3,6,8,10,17-18,20H,4-5,7,9,11-12H2,1-2H3,(H,26,31)(H,27,28)/t17?,18?,20-/m1/s1. The van der Waals surface area contributed by atoms with E-state index in [2.05, 4.69) is 37.6 Å². The van der Waals surface area contributed by atoms with Crippen molar-refractivity contribution in [2.24, 2.45) is 0 Å². The molecule has 7 rings (SSSR count). The average molecular weight is 434 g/mol. The molecule has 3 fully saturated rings. The number of ether oxygens (including phenoxy) is 1. The van der Waals surface area contributed by atoms with Crippen LogP contribution in [0.3, 0.4) is 0 Å². The van der Waals surface area contributed by atoms with Crippen LogP contribution in [0, 0.1) is 13.8 Å². The van der Waals surface area contributed by atoms with Crippen LogP contribution in [-0.4, -0.2) is 56.2 Å². The number of aromatic nitrogens is 5. The van der Waals surface area contributed by atoms with Crippen molar-refractivity contribution in [3.63, 3.8) is 0 Å². The first-order valence-electron chi connectivity index (χ1n) is 11.3. The number of nitrogens with one attached hydrogen (secondary N) is 2. The number of aromatic amines is 1. The Morgan fingerprint density at radius 3 is 2.88 bits per heavy atom. The zero-order valence-electron chi connectivity index (χ0n) is 18.3. The van der Waals surface area contributed by atoms with Gasteiger partial charge in [0, 0.05) is 37.1 Å². The highest BCUT2D eigenvalue weighted by Gasteiger charge is 2.38. The van der Waals surface area contributed by atoms with Crippen molar-refractivity contribution in [1.29, 1.82) is 0 Å². The molecule has 2 bridgehead atoms. The molecule has 6 heterocycles. The number of carbonyl (C=O) groups is 1. The van der Waals surface area contributed by atoms with Gasteiger partial charge in [-0.15, -0.1) is 0 Å². The quantitative estimate of drug-likeness (QED) is 0.639. The molecule has 1 amide bonds. The normalized spacial score (nSPS) is 23.7. The Morgan fingerprint density at radius 2 is 2.09 bits per heavy atom. The maximum Gasteiger partial charge on any atom is 0.255 e. The molecule has 3 aromatic heterocycles. The Labute approximate surface area is 186 Å². The molecule has 3 aromatic rings. The zero-order chi connectivity index (χ0) is 21.8.